The van der Waals surface area contributed by atoms with Gasteiger partial charge in [-0.15, -0.1) is 0 Å². The van der Waals surface area contributed by atoms with Crippen LogP contribution in [0.1, 0.15) is 10.4 Å². The highest BCUT2D eigenvalue weighted by atomic mass is 79.9. The number of hydrogen-bond donors (Lipinski definition) is 0. The highest BCUT2D eigenvalue weighted by Gasteiger charge is 2.17. The van der Waals surface area contributed by atoms with Gasteiger partial charge in [0, 0.05) is 5.39 Å². The van der Waals surface area contributed by atoms with Crippen molar-refractivity contribution in [1.29, 1.82) is 0 Å². The summed E-state index contributed by atoms with van der Waals surface area (Å²) in [6, 6.07) is 7.43. The van der Waals surface area contributed by atoms with Crippen molar-refractivity contribution in [2.45, 2.75) is 4.83 Å². The maximum absolute atomic E-state index is 11.3. The van der Waals surface area contributed by atoms with Crippen molar-refractivity contribution in [3.63, 3.8) is 0 Å². The van der Waals surface area contributed by atoms with Gasteiger partial charge in [0.25, 0.3) is 0 Å². The maximum Gasteiger partial charge on any atom is 0.323 e. The van der Waals surface area contributed by atoms with E-state index in [9.17, 15) is 4.79 Å². The molecule has 0 saturated carbocycles. The zero-order chi connectivity index (χ0) is 10.8. The Hall–Kier alpha value is -1.29. The molecular formula is C11H9BrO3. The van der Waals surface area contributed by atoms with Crippen LogP contribution in [0.15, 0.2) is 34.9 Å². The van der Waals surface area contributed by atoms with Crippen molar-refractivity contribution in [2.75, 3.05) is 7.11 Å². The lowest BCUT2D eigenvalue weighted by molar-refractivity contribution is -0.139. The van der Waals surface area contributed by atoms with Gasteiger partial charge in [-0.1, -0.05) is 22.0 Å². The summed E-state index contributed by atoms with van der Waals surface area (Å²) in [4.78, 5) is 10.9. The van der Waals surface area contributed by atoms with Gasteiger partial charge in [-0.05, 0) is 23.8 Å². The van der Waals surface area contributed by atoms with E-state index >= 15 is 0 Å². The van der Waals surface area contributed by atoms with Crippen molar-refractivity contribution in [3.05, 3.63) is 36.1 Å². The molecule has 3 nitrogen and oxygen atoms in total. The van der Waals surface area contributed by atoms with Gasteiger partial charge in [-0.3, -0.25) is 4.79 Å². The summed E-state index contributed by atoms with van der Waals surface area (Å²) in [6.45, 7) is 0. The number of halogens is 1. The zero-order valence-corrected chi connectivity index (χ0v) is 9.65. The first-order valence-electron chi connectivity index (χ1n) is 4.41. The van der Waals surface area contributed by atoms with E-state index in [2.05, 4.69) is 20.7 Å². The predicted molar refractivity (Wildman–Crippen MR) is 59.9 cm³/mol. The average molecular weight is 269 g/mol. The number of fused-ring (bicyclic) bond motifs is 1. The molecule has 15 heavy (non-hydrogen) atoms. The molecule has 0 spiro atoms. The Kier molecular flexibility index (Phi) is 2.77. The number of rotatable bonds is 2. The van der Waals surface area contributed by atoms with E-state index in [1.807, 2.05) is 24.3 Å². The van der Waals surface area contributed by atoms with Gasteiger partial charge < -0.3 is 9.15 Å². The van der Waals surface area contributed by atoms with Gasteiger partial charge in [0.15, 0.2) is 0 Å². The minimum absolute atomic E-state index is 0.308. The van der Waals surface area contributed by atoms with Gasteiger partial charge in [0.2, 0.25) is 0 Å². The Morgan fingerprint density at radius 3 is 3.00 bits per heavy atom. The Bertz CT molecular complexity index is 489. The second-order valence-corrected chi connectivity index (χ2v) is 4.02. The topological polar surface area (TPSA) is 39.4 Å². The van der Waals surface area contributed by atoms with E-state index in [4.69, 9.17) is 4.42 Å². The molecule has 4 heteroatoms. The van der Waals surface area contributed by atoms with Crippen molar-refractivity contribution in [1.82, 2.24) is 0 Å². The Morgan fingerprint density at radius 2 is 2.27 bits per heavy atom. The lowest BCUT2D eigenvalue weighted by Crippen LogP contribution is -2.07. The van der Waals surface area contributed by atoms with Crippen LogP contribution in [-0.2, 0) is 9.53 Å². The second kappa shape index (κ2) is 4.06. The van der Waals surface area contributed by atoms with Gasteiger partial charge in [-0.2, -0.15) is 0 Å². The fraction of sp³-hybridized carbons (Fsp3) is 0.182. The first-order chi connectivity index (χ1) is 7.22. The highest BCUT2D eigenvalue weighted by Crippen LogP contribution is 2.27. The fourth-order valence-corrected chi connectivity index (χ4v) is 1.85. The average Bonchev–Trinajstić information content (AvgIpc) is 2.73. The van der Waals surface area contributed by atoms with Crippen molar-refractivity contribution >= 4 is 32.9 Å². The number of furan rings is 1. The van der Waals surface area contributed by atoms with Crippen LogP contribution in [0, 0.1) is 0 Å². The molecule has 0 saturated heterocycles. The van der Waals surface area contributed by atoms with Crippen molar-refractivity contribution in [2.24, 2.45) is 0 Å². The Morgan fingerprint density at radius 1 is 1.47 bits per heavy atom. The zero-order valence-electron chi connectivity index (χ0n) is 8.07. The van der Waals surface area contributed by atoms with Crippen molar-refractivity contribution in [3.8, 4) is 0 Å². The SMILES string of the molecule is COC(=O)C(Br)c1ccc2occc2c1. The standard InChI is InChI=1S/C11H9BrO3/c1-14-11(13)10(12)8-2-3-9-7(6-8)4-5-15-9/h2-6,10H,1H3. The van der Waals surface area contributed by atoms with Gasteiger partial charge >= 0.3 is 5.97 Å². The first kappa shape index (κ1) is 10.2. The minimum Gasteiger partial charge on any atom is -0.468 e. The van der Waals surface area contributed by atoms with Crippen LogP contribution >= 0.6 is 15.9 Å². The number of carbonyl (C=O) groups excluding carboxylic acids is 1. The number of hydrogen-bond acceptors (Lipinski definition) is 3. The fourth-order valence-electron chi connectivity index (χ4n) is 1.38. The molecule has 1 unspecified atom stereocenters. The summed E-state index contributed by atoms with van der Waals surface area (Å²) >= 11 is 3.28. The number of ether oxygens (including phenoxy) is 1. The summed E-state index contributed by atoms with van der Waals surface area (Å²) in [5.41, 5.74) is 1.67. The maximum atomic E-state index is 11.3. The minimum atomic E-state index is -0.429. The van der Waals surface area contributed by atoms with Crippen molar-refractivity contribution < 1.29 is 13.9 Å². The molecule has 0 bridgehead atoms. The molecule has 1 aromatic carbocycles. The van der Waals surface area contributed by atoms with E-state index in [1.54, 1.807) is 6.26 Å². The molecule has 0 amide bonds. The Balaban J connectivity index is 2.39. The highest BCUT2D eigenvalue weighted by molar-refractivity contribution is 9.09. The van der Waals surface area contributed by atoms with E-state index in [1.165, 1.54) is 7.11 Å². The smallest absolute Gasteiger partial charge is 0.323 e. The summed E-state index contributed by atoms with van der Waals surface area (Å²) in [5, 5.41) is 0.973. The molecule has 0 aliphatic heterocycles. The number of alkyl halides is 1. The molecule has 0 fully saturated rings. The lowest BCUT2D eigenvalue weighted by Gasteiger charge is -2.07. The molecule has 0 radical (unpaired) electrons. The molecule has 2 aromatic rings. The second-order valence-electron chi connectivity index (χ2n) is 3.10. The van der Waals surface area contributed by atoms with Crippen LogP contribution in [0.25, 0.3) is 11.0 Å². The van der Waals surface area contributed by atoms with E-state index in [0.29, 0.717) is 0 Å². The number of carbonyl (C=O) groups is 1. The molecule has 1 atom stereocenters. The van der Waals surface area contributed by atoms with Crippen LogP contribution in [0.5, 0.6) is 0 Å². The molecule has 1 aromatic heterocycles. The molecule has 78 valence electrons. The van der Waals surface area contributed by atoms with E-state index in [0.717, 1.165) is 16.5 Å². The van der Waals surface area contributed by atoms with Crippen LogP contribution in [0.3, 0.4) is 0 Å². The summed E-state index contributed by atoms with van der Waals surface area (Å²) in [7, 11) is 1.37. The summed E-state index contributed by atoms with van der Waals surface area (Å²) in [6.07, 6.45) is 1.62. The van der Waals surface area contributed by atoms with Crippen LogP contribution in [0.4, 0.5) is 0 Å². The number of benzene rings is 1. The number of esters is 1. The predicted octanol–water partition coefficient (Wildman–Crippen LogP) is 3.04. The van der Waals surface area contributed by atoms with Gasteiger partial charge in [0.05, 0.1) is 13.4 Å². The number of methoxy groups -OCH3 is 1. The molecule has 0 aliphatic rings. The Labute approximate surface area is 95.1 Å². The van der Waals surface area contributed by atoms with Crippen LogP contribution in [-0.4, -0.2) is 13.1 Å². The third-order valence-corrected chi connectivity index (χ3v) is 3.08. The summed E-state index contributed by atoms with van der Waals surface area (Å²) in [5.74, 6) is -0.308. The molecule has 2 rings (SSSR count). The van der Waals surface area contributed by atoms with E-state index < -0.39 is 4.83 Å². The third kappa shape index (κ3) is 1.90. The monoisotopic (exact) mass is 268 g/mol. The third-order valence-electron chi connectivity index (χ3n) is 2.18. The van der Waals surface area contributed by atoms with Crippen LogP contribution in [0.2, 0.25) is 0 Å². The molecular weight excluding hydrogens is 260 g/mol. The first-order valence-corrected chi connectivity index (χ1v) is 5.33. The van der Waals surface area contributed by atoms with Gasteiger partial charge in [0.1, 0.15) is 10.4 Å². The van der Waals surface area contributed by atoms with Gasteiger partial charge in [-0.25, -0.2) is 0 Å². The normalized spacial score (nSPS) is 12.7. The molecule has 0 N–H and O–H groups in total. The largest absolute Gasteiger partial charge is 0.468 e. The quantitative estimate of drug-likeness (QED) is 0.621. The lowest BCUT2D eigenvalue weighted by atomic mass is 10.1. The molecule has 1 heterocycles. The van der Waals surface area contributed by atoms with E-state index in [-0.39, 0.29) is 5.97 Å². The summed E-state index contributed by atoms with van der Waals surface area (Å²) < 4.78 is 9.86. The molecule has 0 aliphatic carbocycles. The van der Waals surface area contributed by atoms with Crippen LogP contribution < -0.4 is 0 Å².